The first kappa shape index (κ1) is 29.3. The Bertz CT molecular complexity index is 1420. The normalized spacial score (nSPS) is 13.4. The third kappa shape index (κ3) is 6.39. The minimum atomic E-state index is -2.19. The SMILES string of the molecule is CC(C)Oc1cccc(C(=O)NC(=S)Nc2ccc(N3CCN(c4c(F)c(F)c(F)c(F)c4F)CC3)c(Cl)c2)c1. The molecule has 1 amide bonds. The number of ether oxygens (including phenoxy) is 1. The molecule has 13 heteroatoms. The van der Waals surface area contributed by atoms with Crippen LogP contribution in [0.4, 0.5) is 39.0 Å². The summed E-state index contributed by atoms with van der Waals surface area (Å²) < 4.78 is 74.7. The van der Waals surface area contributed by atoms with Crippen molar-refractivity contribution in [3.8, 4) is 5.75 Å². The van der Waals surface area contributed by atoms with E-state index in [1.165, 1.54) is 0 Å². The summed E-state index contributed by atoms with van der Waals surface area (Å²) in [5.74, 6) is -9.76. The highest BCUT2D eigenvalue weighted by Crippen LogP contribution is 2.33. The van der Waals surface area contributed by atoms with E-state index in [0.29, 0.717) is 27.7 Å². The van der Waals surface area contributed by atoms with Gasteiger partial charge >= 0.3 is 0 Å². The summed E-state index contributed by atoms with van der Waals surface area (Å²) in [5, 5.41) is 5.84. The molecule has 1 fully saturated rings. The first-order chi connectivity index (χ1) is 19.0. The molecule has 1 heterocycles. The summed E-state index contributed by atoms with van der Waals surface area (Å²) in [6, 6.07) is 11.6. The largest absolute Gasteiger partial charge is 0.491 e. The number of hydrogen-bond acceptors (Lipinski definition) is 5. The van der Waals surface area contributed by atoms with Crippen molar-refractivity contribution in [1.82, 2.24) is 5.32 Å². The maximum absolute atomic E-state index is 14.2. The molecule has 3 aromatic carbocycles. The summed E-state index contributed by atoms with van der Waals surface area (Å²) in [6.45, 7) is 4.16. The number of thiocarbonyl (C=S) groups is 1. The Hall–Kier alpha value is -3.64. The molecule has 0 bridgehead atoms. The average molecular weight is 599 g/mol. The van der Waals surface area contributed by atoms with E-state index in [-0.39, 0.29) is 37.4 Å². The first-order valence-corrected chi connectivity index (χ1v) is 12.9. The van der Waals surface area contributed by atoms with E-state index in [0.717, 1.165) is 4.90 Å². The number of amides is 1. The van der Waals surface area contributed by atoms with Gasteiger partial charge in [-0.25, -0.2) is 22.0 Å². The molecule has 40 heavy (non-hydrogen) atoms. The van der Waals surface area contributed by atoms with Gasteiger partial charge in [0.2, 0.25) is 5.82 Å². The minimum Gasteiger partial charge on any atom is -0.491 e. The predicted molar refractivity (Wildman–Crippen MR) is 148 cm³/mol. The lowest BCUT2D eigenvalue weighted by molar-refractivity contribution is 0.0977. The maximum Gasteiger partial charge on any atom is 0.257 e. The molecule has 0 aromatic heterocycles. The van der Waals surface area contributed by atoms with Crippen LogP contribution in [0.2, 0.25) is 5.02 Å². The van der Waals surface area contributed by atoms with Gasteiger partial charge in [-0.1, -0.05) is 17.7 Å². The second-order valence-corrected chi connectivity index (χ2v) is 9.98. The average Bonchev–Trinajstić information content (AvgIpc) is 2.91. The van der Waals surface area contributed by atoms with E-state index in [1.807, 2.05) is 18.7 Å². The zero-order chi connectivity index (χ0) is 29.1. The van der Waals surface area contributed by atoms with Crippen molar-refractivity contribution in [3.63, 3.8) is 0 Å². The number of anilines is 3. The zero-order valence-corrected chi connectivity index (χ0v) is 22.9. The van der Waals surface area contributed by atoms with Gasteiger partial charge in [-0.3, -0.25) is 10.1 Å². The second kappa shape index (κ2) is 12.3. The van der Waals surface area contributed by atoms with Gasteiger partial charge in [0.25, 0.3) is 5.91 Å². The summed E-state index contributed by atoms with van der Waals surface area (Å²) in [5.41, 5.74) is 0.509. The van der Waals surface area contributed by atoms with Gasteiger partial charge in [-0.2, -0.15) is 0 Å². The van der Waals surface area contributed by atoms with Gasteiger partial charge in [-0.15, -0.1) is 0 Å². The number of nitrogens with zero attached hydrogens (tertiary/aromatic N) is 2. The van der Waals surface area contributed by atoms with Crippen LogP contribution in [0.3, 0.4) is 0 Å². The molecule has 0 unspecified atom stereocenters. The van der Waals surface area contributed by atoms with Crippen LogP contribution in [0, 0.1) is 29.1 Å². The highest BCUT2D eigenvalue weighted by atomic mass is 35.5. The highest BCUT2D eigenvalue weighted by molar-refractivity contribution is 7.80. The fraction of sp³-hybridized carbons (Fsp3) is 0.259. The molecule has 2 N–H and O–H groups in total. The lowest BCUT2D eigenvalue weighted by Crippen LogP contribution is -2.47. The number of rotatable bonds is 6. The van der Waals surface area contributed by atoms with Crippen molar-refractivity contribution in [2.75, 3.05) is 41.3 Å². The van der Waals surface area contributed by atoms with Crippen LogP contribution in [0.1, 0.15) is 24.2 Å². The molecule has 4 rings (SSSR count). The van der Waals surface area contributed by atoms with Crippen molar-refractivity contribution in [1.29, 1.82) is 0 Å². The van der Waals surface area contributed by atoms with Gasteiger partial charge < -0.3 is 19.9 Å². The van der Waals surface area contributed by atoms with Crippen LogP contribution in [0.25, 0.3) is 0 Å². The number of halogens is 6. The zero-order valence-electron chi connectivity index (χ0n) is 21.3. The van der Waals surface area contributed by atoms with E-state index in [1.54, 1.807) is 42.5 Å². The molecular formula is C27H24ClF5N4O2S. The number of carbonyl (C=O) groups is 1. The van der Waals surface area contributed by atoms with Crippen LogP contribution in [0.15, 0.2) is 42.5 Å². The fourth-order valence-electron chi connectivity index (χ4n) is 4.20. The summed E-state index contributed by atoms with van der Waals surface area (Å²) in [4.78, 5) is 15.5. The number of nitrogens with one attached hydrogen (secondary N) is 2. The Balaban J connectivity index is 1.37. The van der Waals surface area contributed by atoms with Crippen LogP contribution >= 0.6 is 23.8 Å². The van der Waals surface area contributed by atoms with E-state index < -0.39 is 40.7 Å². The first-order valence-electron chi connectivity index (χ1n) is 12.2. The Morgan fingerprint density at radius 3 is 2.10 bits per heavy atom. The van der Waals surface area contributed by atoms with Crippen molar-refractivity contribution < 1.29 is 31.5 Å². The molecule has 1 aliphatic heterocycles. The third-order valence-corrected chi connectivity index (χ3v) is 6.53. The molecule has 1 aliphatic rings. The molecular weight excluding hydrogens is 575 g/mol. The van der Waals surface area contributed by atoms with Gasteiger partial charge in [0.15, 0.2) is 28.4 Å². The van der Waals surface area contributed by atoms with Crippen molar-refractivity contribution in [2.24, 2.45) is 0 Å². The lowest BCUT2D eigenvalue weighted by Gasteiger charge is -2.38. The summed E-state index contributed by atoms with van der Waals surface area (Å²) >= 11 is 11.7. The molecule has 0 saturated carbocycles. The van der Waals surface area contributed by atoms with Gasteiger partial charge in [-0.05, 0) is 62.5 Å². The molecule has 0 radical (unpaired) electrons. The molecule has 212 valence electrons. The van der Waals surface area contributed by atoms with Gasteiger partial charge in [0, 0.05) is 37.4 Å². The topological polar surface area (TPSA) is 56.8 Å². The summed E-state index contributed by atoms with van der Waals surface area (Å²) in [6.07, 6.45) is -0.0485. The quantitative estimate of drug-likeness (QED) is 0.151. The fourth-order valence-corrected chi connectivity index (χ4v) is 4.71. The van der Waals surface area contributed by atoms with Crippen LogP contribution < -0.4 is 25.2 Å². The standard InChI is InChI=1S/C27H24ClF5N4O2S/c1-14(2)39-17-5-3-4-15(12-17)26(38)35-27(40)34-16-6-7-19(18(28)13-16)36-8-10-37(11-9-36)25-23(32)21(30)20(29)22(31)24(25)33/h3-7,12-14H,8-11H2,1-2H3,(H2,34,35,38,40). The van der Waals surface area contributed by atoms with Crippen molar-refractivity contribution in [2.45, 2.75) is 20.0 Å². The highest BCUT2D eigenvalue weighted by Gasteiger charge is 2.31. The predicted octanol–water partition coefficient (Wildman–Crippen LogP) is 6.28. The number of benzene rings is 3. The van der Waals surface area contributed by atoms with E-state index in [2.05, 4.69) is 10.6 Å². The smallest absolute Gasteiger partial charge is 0.257 e. The molecule has 3 aromatic rings. The second-order valence-electron chi connectivity index (χ2n) is 9.16. The molecule has 0 spiro atoms. The molecule has 0 aliphatic carbocycles. The minimum absolute atomic E-state index is 0.00575. The van der Waals surface area contributed by atoms with Crippen LogP contribution in [-0.4, -0.2) is 43.3 Å². The van der Waals surface area contributed by atoms with Crippen molar-refractivity contribution >= 4 is 51.9 Å². The van der Waals surface area contributed by atoms with E-state index in [4.69, 9.17) is 28.6 Å². The number of piperazine rings is 1. The molecule has 1 saturated heterocycles. The molecule has 0 atom stereocenters. The van der Waals surface area contributed by atoms with Crippen LogP contribution in [0.5, 0.6) is 5.75 Å². The van der Waals surface area contributed by atoms with Crippen molar-refractivity contribution in [3.05, 3.63) is 82.1 Å². The maximum atomic E-state index is 14.2. The van der Waals surface area contributed by atoms with E-state index in [9.17, 15) is 26.7 Å². The lowest BCUT2D eigenvalue weighted by atomic mass is 10.2. The van der Waals surface area contributed by atoms with Gasteiger partial charge in [0.1, 0.15) is 11.4 Å². The Labute approximate surface area is 237 Å². The Kier molecular flexibility index (Phi) is 8.99. The number of carbonyl (C=O) groups excluding carboxylic acids is 1. The Morgan fingerprint density at radius 2 is 1.50 bits per heavy atom. The monoisotopic (exact) mass is 598 g/mol. The van der Waals surface area contributed by atoms with Gasteiger partial charge in [0.05, 0.1) is 16.8 Å². The third-order valence-electron chi connectivity index (χ3n) is 6.02. The van der Waals surface area contributed by atoms with Crippen LogP contribution in [-0.2, 0) is 0 Å². The van der Waals surface area contributed by atoms with E-state index >= 15 is 0 Å². The molecule has 6 nitrogen and oxygen atoms in total. The summed E-state index contributed by atoms with van der Waals surface area (Å²) in [7, 11) is 0. The number of hydrogen-bond donors (Lipinski definition) is 2. The Morgan fingerprint density at radius 1 is 0.900 bits per heavy atom.